The largest absolute Gasteiger partial charge is 0.480 e. The molecular formula is C34H47FN2O2. The molecule has 2 aliphatic carbocycles. The fraction of sp³-hybridized carbons (Fsp3) is 0.618. The first-order valence-electron chi connectivity index (χ1n) is 15.5. The number of likely N-dealkylation sites (tertiary alicyclic amines) is 1. The molecule has 0 amide bonds. The minimum atomic E-state index is -0.686. The minimum absolute atomic E-state index is 0.155. The third-order valence-corrected chi connectivity index (χ3v) is 9.91. The van der Waals surface area contributed by atoms with Crippen molar-refractivity contribution in [3.05, 3.63) is 71.5 Å². The van der Waals surface area contributed by atoms with Gasteiger partial charge in [-0.05, 0) is 111 Å². The quantitative estimate of drug-likeness (QED) is 0.318. The van der Waals surface area contributed by atoms with Crippen molar-refractivity contribution in [1.29, 1.82) is 0 Å². The molecule has 3 fully saturated rings. The van der Waals surface area contributed by atoms with Gasteiger partial charge >= 0.3 is 5.97 Å². The van der Waals surface area contributed by atoms with Crippen LogP contribution in [-0.4, -0.2) is 59.6 Å². The Hall–Kier alpha value is -2.24. The van der Waals surface area contributed by atoms with Crippen LogP contribution in [0.25, 0.3) is 0 Å². The summed E-state index contributed by atoms with van der Waals surface area (Å²) in [5.74, 6) is 1.70. The number of carbonyl (C=O) groups is 1. The van der Waals surface area contributed by atoms with Gasteiger partial charge in [-0.15, -0.1) is 0 Å². The van der Waals surface area contributed by atoms with Crippen LogP contribution in [0.1, 0.15) is 81.3 Å². The molecule has 3 atom stereocenters. The lowest BCUT2D eigenvalue weighted by molar-refractivity contribution is -0.139. The summed E-state index contributed by atoms with van der Waals surface area (Å²) in [6.45, 7) is 4.60. The highest BCUT2D eigenvalue weighted by Crippen LogP contribution is 2.43. The van der Waals surface area contributed by atoms with E-state index in [4.69, 9.17) is 0 Å². The van der Waals surface area contributed by atoms with Crippen molar-refractivity contribution in [2.75, 3.05) is 32.7 Å². The summed E-state index contributed by atoms with van der Waals surface area (Å²) in [5, 5.41) is 9.73. The third kappa shape index (κ3) is 8.14. The van der Waals surface area contributed by atoms with E-state index >= 15 is 0 Å². The second-order valence-corrected chi connectivity index (χ2v) is 12.6. The lowest BCUT2D eigenvalue weighted by Crippen LogP contribution is -2.41. The van der Waals surface area contributed by atoms with Crippen LogP contribution in [0, 0.1) is 23.6 Å². The fourth-order valence-corrected chi connectivity index (χ4v) is 7.78. The summed E-state index contributed by atoms with van der Waals surface area (Å²) in [4.78, 5) is 16.9. The summed E-state index contributed by atoms with van der Waals surface area (Å²) >= 11 is 0. The van der Waals surface area contributed by atoms with Gasteiger partial charge in [0.05, 0.1) is 6.54 Å². The molecular weight excluding hydrogens is 487 g/mol. The molecule has 1 N–H and O–H groups in total. The normalized spacial score (nSPS) is 25.0. The molecule has 1 unspecified atom stereocenters. The second kappa shape index (κ2) is 13.9. The smallest absolute Gasteiger partial charge is 0.317 e. The van der Waals surface area contributed by atoms with Crippen molar-refractivity contribution >= 4 is 5.97 Å². The molecule has 5 rings (SSSR count). The van der Waals surface area contributed by atoms with E-state index in [9.17, 15) is 14.3 Å². The number of hydrogen-bond acceptors (Lipinski definition) is 3. The molecule has 3 aliphatic rings. The number of rotatable bonds is 12. The first-order chi connectivity index (χ1) is 19.0. The van der Waals surface area contributed by atoms with Gasteiger partial charge in [0.15, 0.2) is 0 Å². The molecule has 212 valence electrons. The number of aliphatic carboxylic acids is 1. The maximum absolute atomic E-state index is 13.2. The van der Waals surface area contributed by atoms with E-state index in [0.717, 1.165) is 38.3 Å². The highest BCUT2D eigenvalue weighted by atomic mass is 19.1. The van der Waals surface area contributed by atoms with Crippen LogP contribution < -0.4 is 0 Å². The zero-order chi connectivity index (χ0) is 27.0. The Morgan fingerprint density at radius 1 is 0.923 bits per heavy atom. The average Bonchev–Trinajstić information content (AvgIpc) is 3.61. The molecule has 0 radical (unpaired) electrons. The molecule has 0 spiro atoms. The van der Waals surface area contributed by atoms with Gasteiger partial charge in [-0.3, -0.25) is 9.69 Å². The Morgan fingerprint density at radius 3 is 2.33 bits per heavy atom. The van der Waals surface area contributed by atoms with Crippen LogP contribution in [0.4, 0.5) is 4.39 Å². The molecule has 1 aliphatic heterocycles. The van der Waals surface area contributed by atoms with Crippen LogP contribution in [-0.2, 0) is 11.2 Å². The lowest BCUT2D eigenvalue weighted by atomic mass is 9.87. The summed E-state index contributed by atoms with van der Waals surface area (Å²) in [6, 6.07) is 18.3. The molecule has 4 nitrogen and oxygen atoms in total. The van der Waals surface area contributed by atoms with Gasteiger partial charge in [-0.1, -0.05) is 61.7 Å². The van der Waals surface area contributed by atoms with Crippen molar-refractivity contribution in [1.82, 2.24) is 9.80 Å². The third-order valence-electron chi connectivity index (χ3n) is 9.91. The molecule has 39 heavy (non-hydrogen) atoms. The fourth-order valence-electron chi connectivity index (χ4n) is 7.78. The number of hydrogen-bond donors (Lipinski definition) is 1. The molecule has 2 aromatic carbocycles. The number of nitrogens with zero attached hydrogens (tertiary/aromatic N) is 2. The van der Waals surface area contributed by atoms with Gasteiger partial charge in [0.1, 0.15) is 5.82 Å². The molecule has 5 heteroatoms. The highest BCUT2D eigenvalue weighted by molar-refractivity contribution is 5.69. The number of benzene rings is 2. The second-order valence-electron chi connectivity index (χ2n) is 12.6. The minimum Gasteiger partial charge on any atom is -0.480 e. The predicted molar refractivity (Wildman–Crippen MR) is 155 cm³/mol. The van der Waals surface area contributed by atoms with Gasteiger partial charge in [0.25, 0.3) is 0 Å². The van der Waals surface area contributed by atoms with Gasteiger partial charge in [-0.2, -0.15) is 0 Å². The van der Waals surface area contributed by atoms with E-state index in [-0.39, 0.29) is 12.4 Å². The zero-order valence-corrected chi connectivity index (χ0v) is 23.5. The van der Waals surface area contributed by atoms with Crippen molar-refractivity contribution in [2.24, 2.45) is 17.8 Å². The van der Waals surface area contributed by atoms with Crippen molar-refractivity contribution in [3.63, 3.8) is 0 Å². The topological polar surface area (TPSA) is 43.8 Å². The van der Waals surface area contributed by atoms with E-state index < -0.39 is 5.97 Å². The van der Waals surface area contributed by atoms with Crippen LogP contribution in [0.3, 0.4) is 0 Å². The van der Waals surface area contributed by atoms with Crippen LogP contribution in [0.15, 0.2) is 54.6 Å². The summed E-state index contributed by atoms with van der Waals surface area (Å²) < 4.78 is 13.2. The van der Waals surface area contributed by atoms with Crippen molar-refractivity contribution in [2.45, 2.75) is 82.6 Å². The number of carboxylic acids is 1. The van der Waals surface area contributed by atoms with Gasteiger partial charge < -0.3 is 10.0 Å². The SMILES string of the molecule is O=C(O)CN(CC1CCCC1)C1C[C@H](CN2CCC(CCCc3ccc(F)cc3)CC2)[C@@H](c2ccccc2)C1. The molecule has 2 aromatic rings. The van der Waals surface area contributed by atoms with E-state index in [1.165, 1.54) is 75.6 Å². The van der Waals surface area contributed by atoms with Crippen LogP contribution in [0.5, 0.6) is 0 Å². The Labute approximate surface area is 234 Å². The van der Waals surface area contributed by atoms with Crippen molar-refractivity contribution in [3.8, 4) is 0 Å². The van der Waals surface area contributed by atoms with E-state index in [1.807, 2.05) is 12.1 Å². The molecule has 1 heterocycles. The predicted octanol–water partition coefficient (Wildman–Crippen LogP) is 7.00. The summed E-state index contributed by atoms with van der Waals surface area (Å²) in [7, 11) is 0. The Bertz CT molecular complexity index is 1020. The zero-order valence-electron chi connectivity index (χ0n) is 23.5. The maximum Gasteiger partial charge on any atom is 0.317 e. The first kappa shape index (κ1) is 28.3. The average molecular weight is 535 g/mol. The molecule has 1 saturated heterocycles. The van der Waals surface area contributed by atoms with Gasteiger partial charge in [-0.25, -0.2) is 4.39 Å². The van der Waals surface area contributed by atoms with Gasteiger partial charge in [0, 0.05) is 19.1 Å². The number of piperidine rings is 1. The molecule has 0 bridgehead atoms. The van der Waals surface area contributed by atoms with E-state index in [0.29, 0.717) is 23.8 Å². The summed E-state index contributed by atoms with van der Waals surface area (Å²) in [5.41, 5.74) is 2.67. The Balaban J connectivity index is 1.15. The Morgan fingerprint density at radius 2 is 1.64 bits per heavy atom. The van der Waals surface area contributed by atoms with Crippen LogP contribution >= 0.6 is 0 Å². The standard InChI is InChI=1S/C34H47FN2O2/c35-31-15-13-26(14-16-31)9-6-10-27-17-19-36(20-18-27)24-30-21-32(22-33(30)29-11-2-1-3-12-29)37(25-34(38)39)23-28-7-4-5-8-28/h1-3,11-16,27-28,30,32-33H,4-10,17-25H2,(H,38,39)/t30-,32?,33-/m1/s1. The first-order valence-corrected chi connectivity index (χ1v) is 15.5. The molecule has 2 saturated carbocycles. The number of aryl methyl sites for hydroxylation is 1. The van der Waals surface area contributed by atoms with Crippen LogP contribution in [0.2, 0.25) is 0 Å². The number of halogens is 1. The van der Waals surface area contributed by atoms with E-state index in [1.54, 1.807) is 12.1 Å². The summed E-state index contributed by atoms with van der Waals surface area (Å²) in [6.07, 6.45) is 13.3. The Kier molecular flexibility index (Phi) is 10.1. The van der Waals surface area contributed by atoms with Gasteiger partial charge in [0.2, 0.25) is 0 Å². The highest BCUT2D eigenvalue weighted by Gasteiger charge is 2.40. The monoisotopic (exact) mass is 534 g/mol. The number of carboxylic acid groups (broad SMARTS) is 1. The molecule has 0 aromatic heterocycles. The van der Waals surface area contributed by atoms with E-state index in [2.05, 4.69) is 40.1 Å². The van der Waals surface area contributed by atoms with Crippen molar-refractivity contribution < 1.29 is 14.3 Å². The maximum atomic E-state index is 13.2. The lowest BCUT2D eigenvalue weighted by Gasteiger charge is -2.35.